The van der Waals surface area contributed by atoms with E-state index >= 15 is 0 Å². The third-order valence-electron chi connectivity index (χ3n) is 0.727. The van der Waals surface area contributed by atoms with Crippen LogP contribution in [0.5, 0.6) is 0 Å². The lowest BCUT2D eigenvalue weighted by Crippen LogP contribution is -1.90. The van der Waals surface area contributed by atoms with E-state index in [0.717, 1.165) is 0 Å². The highest BCUT2D eigenvalue weighted by Gasteiger charge is 1.81. The van der Waals surface area contributed by atoms with Crippen molar-refractivity contribution in [2.45, 2.75) is 20.0 Å². The molecule has 2 heteroatoms. The number of aliphatic hydroxyl groups is 2. The molecule has 0 fully saturated rings. The number of allylic oxidation sites excluding steroid dienone is 3. The summed E-state index contributed by atoms with van der Waals surface area (Å²) < 4.78 is 0. The normalized spacial score (nSPS) is 16.6. The molecule has 1 unspecified atom stereocenters. The predicted molar refractivity (Wildman–Crippen MR) is 37.2 cm³/mol. The summed E-state index contributed by atoms with van der Waals surface area (Å²) in [6.07, 6.45) is 4.27. The van der Waals surface area contributed by atoms with Crippen molar-refractivity contribution in [3.8, 4) is 0 Å². The van der Waals surface area contributed by atoms with E-state index in [1.807, 2.05) is 0 Å². The monoisotopic (exact) mass is 128 g/mol. The highest BCUT2D eigenvalue weighted by atomic mass is 16.3. The van der Waals surface area contributed by atoms with Gasteiger partial charge < -0.3 is 10.2 Å². The molecule has 1 atom stereocenters. The Bertz CT molecular complexity index is 119. The molecule has 9 heavy (non-hydrogen) atoms. The molecule has 0 saturated carbocycles. The molecule has 0 aliphatic carbocycles. The molecule has 0 aliphatic heterocycles. The van der Waals surface area contributed by atoms with E-state index in [2.05, 4.69) is 0 Å². The SMILES string of the molecule is C/C(O)=C/C=C/C(C)O. The van der Waals surface area contributed by atoms with E-state index in [9.17, 15) is 0 Å². The number of aliphatic hydroxyl groups excluding tert-OH is 2. The summed E-state index contributed by atoms with van der Waals surface area (Å²) in [5.74, 6) is 0.243. The van der Waals surface area contributed by atoms with E-state index < -0.39 is 6.10 Å². The summed E-state index contributed by atoms with van der Waals surface area (Å²) in [4.78, 5) is 0. The molecule has 2 N–H and O–H groups in total. The van der Waals surface area contributed by atoms with Gasteiger partial charge in [-0.3, -0.25) is 0 Å². The van der Waals surface area contributed by atoms with E-state index in [0.29, 0.717) is 0 Å². The van der Waals surface area contributed by atoms with Crippen molar-refractivity contribution >= 4 is 0 Å². The molecule has 0 aromatic carbocycles. The number of rotatable bonds is 2. The largest absolute Gasteiger partial charge is 0.513 e. The van der Waals surface area contributed by atoms with Gasteiger partial charge in [-0.25, -0.2) is 0 Å². The first kappa shape index (κ1) is 8.24. The molecule has 0 radical (unpaired) electrons. The van der Waals surface area contributed by atoms with Crippen LogP contribution in [-0.4, -0.2) is 16.3 Å². The first-order valence-electron chi connectivity index (χ1n) is 2.85. The van der Waals surface area contributed by atoms with Crippen molar-refractivity contribution in [3.63, 3.8) is 0 Å². The van der Waals surface area contributed by atoms with Crippen LogP contribution < -0.4 is 0 Å². The van der Waals surface area contributed by atoms with Gasteiger partial charge in [-0.15, -0.1) is 0 Å². The number of hydrogen-bond donors (Lipinski definition) is 2. The zero-order valence-corrected chi connectivity index (χ0v) is 5.70. The van der Waals surface area contributed by atoms with Crippen molar-refractivity contribution in [2.24, 2.45) is 0 Å². The van der Waals surface area contributed by atoms with Crippen LogP contribution in [0.1, 0.15) is 13.8 Å². The van der Waals surface area contributed by atoms with Gasteiger partial charge in [0.25, 0.3) is 0 Å². The Hall–Kier alpha value is -0.760. The van der Waals surface area contributed by atoms with Crippen LogP contribution in [0, 0.1) is 0 Å². The van der Waals surface area contributed by atoms with Gasteiger partial charge in [0, 0.05) is 0 Å². The topological polar surface area (TPSA) is 40.5 Å². The summed E-state index contributed by atoms with van der Waals surface area (Å²) in [7, 11) is 0. The van der Waals surface area contributed by atoms with Crippen LogP contribution in [0.4, 0.5) is 0 Å². The zero-order chi connectivity index (χ0) is 7.28. The van der Waals surface area contributed by atoms with Crippen LogP contribution in [0.2, 0.25) is 0 Å². The molecule has 0 spiro atoms. The molecule has 0 amide bonds. The summed E-state index contributed by atoms with van der Waals surface area (Å²) in [5.41, 5.74) is 0. The summed E-state index contributed by atoms with van der Waals surface area (Å²) >= 11 is 0. The molecule has 0 aromatic heterocycles. The van der Waals surface area contributed by atoms with E-state index in [1.165, 1.54) is 6.08 Å². The third-order valence-corrected chi connectivity index (χ3v) is 0.727. The van der Waals surface area contributed by atoms with E-state index in [-0.39, 0.29) is 5.76 Å². The average Bonchev–Trinajstić information content (AvgIpc) is 1.63. The van der Waals surface area contributed by atoms with Gasteiger partial charge >= 0.3 is 0 Å². The quantitative estimate of drug-likeness (QED) is 0.435. The van der Waals surface area contributed by atoms with Gasteiger partial charge in [0.2, 0.25) is 0 Å². The van der Waals surface area contributed by atoms with Gasteiger partial charge in [-0.2, -0.15) is 0 Å². The highest BCUT2D eigenvalue weighted by Crippen LogP contribution is 1.87. The molecule has 2 nitrogen and oxygen atoms in total. The van der Waals surface area contributed by atoms with Crippen LogP contribution >= 0.6 is 0 Å². The molecular weight excluding hydrogens is 116 g/mol. The van der Waals surface area contributed by atoms with Crippen molar-refractivity contribution in [1.29, 1.82) is 0 Å². The predicted octanol–water partition coefficient (Wildman–Crippen LogP) is 1.39. The summed E-state index contributed by atoms with van der Waals surface area (Å²) in [5, 5.41) is 17.3. The second kappa shape index (κ2) is 4.15. The molecule has 0 aromatic rings. The smallest absolute Gasteiger partial charge is 0.0891 e. The summed E-state index contributed by atoms with van der Waals surface area (Å²) in [6, 6.07) is 0. The van der Waals surface area contributed by atoms with Gasteiger partial charge in [-0.05, 0) is 19.9 Å². The van der Waals surface area contributed by atoms with Gasteiger partial charge in [0.05, 0.1) is 11.9 Å². The maximum Gasteiger partial charge on any atom is 0.0891 e. The lowest BCUT2D eigenvalue weighted by atomic mass is 10.3. The fourth-order valence-electron chi connectivity index (χ4n) is 0.356. The zero-order valence-electron chi connectivity index (χ0n) is 5.70. The minimum absolute atomic E-state index is 0.243. The Morgan fingerprint density at radius 2 is 2.11 bits per heavy atom. The Kier molecular flexibility index (Phi) is 3.80. The van der Waals surface area contributed by atoms with Crippen LogP contribution in [0.25, 0.3) is 0 Å². The van der Waals surface area contributed by atoms with Crippen LogP contribution in [0.15, 0.2) is 24.0 Å². The van der Waals surface area contributed by atoms with Crippen LogP contribution in [-0.2, 0) is 0 Å². The summed E-state index contributed by atoms with van der Waals surface area (Å²) in [6.45, 7) is 3.23. The van der Waals surface area contributed by atoms with Gasteiger partial charge in [-0.1, -0.05) is 12.2 Å². The Labute approximate surface area is 55.1 Å². The molecule has 52 valence electrons. The van der Waals surface area contributed by atoms with Crippen LogP contribution in [0.3, 0.4) is 0 Å². The van der Waals surface area contributed by atoms with E-state index in [4.69, 9.17) is 10.2 Å². The van der Waals surface area contributed by atoms with Gasteiger partial charge in [0.15, 0.2) is 0 Å². The van der Waals surface area contributed by atoms with Crippen molar-refractivity contribution in [1.82, 2.24) is 0 Å². The minimum atomic E-state index is -0.444. The molecule has 0 rings (SSSR count). The van der Waals surface area contributed by atoms with Crippen molar-refractivity contribution < 1.29 is 10.2 Å². The Balaban J connectivity index is 3.60. The average molecular weight is 128 g/mol. The molecule has 0 aliphatic rings. The number of hydrogen-bond acceptors (Lipinski definition) is 2. The second-order valence-corrected chi connectivity index (χ2v) is 1.93. The lowest BCUT2D eigenvalue weighted by molar-refractivity contribution is 0.244. The van der Waals surface area contributed by atoms with Crippen molar-refractivity contribution in [3.05, 3.63) is 24.0 Å². The standard InChI is InChI=1S/C7H12O2/c1-6(8)4-3-5-7(2)9/h3-6,8-9H,1-2H3/b4-3+,7-5-. The lowest BCUT2D eigenvalue weighted by Gasteiger charge is -1.89. The third kappa shape index (κ3) is 7.24. The first-order valence-corrected chi connectivity index (χ1v) is 2.85. The molecule has 0 bridgehead atoms. The fraction of sp³-hybridized carbons (Fsp3) is 0.429. The van der Waals surface area contributed by atoms with E-state index in [1.54, 1.807) is 26.0 Å². The molecule has 0 saturated heterocycles. The maximum atomic E-state index is 8.67. The van der Waals surface area contributed by atoms with Gasteiger partial charge in [0.1, 0.15) is 0 Å². The first-order chi connectivity index (χ1) is 4.13. The highest BCUT2D eigenvalue weighted by molar-refractivity contribution is 5.06. The van der Waals surface area contributed by atoms with Crippen molar-refractivity contribution in [2.75, 3.05) is 0 Å². The Morgan fingerprint density at radius 1 is 1.56 bits per heavy atom. The fourth-order valence-corrected chi connectivity index (χ4v) is 0.356. The Morgan fingerprint density at radius 3 is 2.44 bits per heavy atom. The molecule has 0 heterocycles. The molecular formula is C7H12O2. The minimum Gasteiger partial charge on any atom is -0.513 e. The maximum absolute atomic E-state index is 8.67. The second-order valence-electron chi connectivity index (χ2n) is 1.93.